The predicted molar refractivity (Wildman–Crippen MR) is 104 cm³/mol. The van der Waals surface area contributed by atoms with Gasteiger partial charge in [0.15, 0.2) is 11.5 Å². The summed E-state index contributed by atoms with van der Waals surface area (Å²) in [5.41, 5.74) is 3.74. The molecule has 7 nitrogen and oxygen atoms in total. The molecule has 0 spiro atoms. The van der Waals surface area contributed by atoms with Gasteiger partial charge >= 0.3 is 0 Å². The van der Waals surface area contributed by atoms with Gasteiger partial charge in [0.25, 0.3) is 5.91 Å². The van der Waals surface area contributed by atoms with Gasteiger partial charge in [0.1, 0.15) is 11.6 Å². The predicted octanol–water partition coefficient (Wildman–Crippen LogP) is 2.88. The number of carbonyl (C=O) groups excluding carboxylic acids is 1. The molecule has 0 radical (unpaired) electrons. The van der Waals surface area contributed by atoms with Crippen molar-refractivity contribution < 1.29 is 19.0 Å². The molecule has 2 heterocycles. The van der Waals surface area contributed by atoms with Gasteiger partial charge in [-0.1, -0.05) is 0 Å². The van der Waals surface area contributed by atoms with Crippen LogP contribution in [0, 0.1) is 25.2 Å². The lowest BCUT2D eigenvalue weighted by atomic mass is 10.1. The Hall–Kier alpha value is -3.24. The van der Waals surface area contributed by atoms with E-state index in [1.165, 1.54) is 0 Å². The number of carbonyl (C=O) groups is 1. The first-order valence-corrected chi connectivity index (χ1v) is 9.03. The minimum absolute atomic E-state index is 0.0725. The fraction of sp³-hybridized carbons (Fsp3) is 0.333. The first-order chi connectivity index (χ1) is 13.5. The van der Waals surface area contributed by atoms with Gasteiger partial charge in [-0.25, -0.2) is 0 Å². The second-order valence-electron chi connectivity index (χ2n) is 6.47. The van der Waals surface area contributed by atoms with E-state index in [4.69, 9.17) is 14.2 Å². The fourth-order valence-electron chi connectivity index (χ4n) is 3.17. The largest absolute Gasteiger partial charge is 0.454 e. The quantitative estimate of drug-likeness (QED) is 0.453. The molecule has 0 saturated carbocycles. The molecule has 0 unspecified atom stereocenters. The van der Waals surface area contributed by atoms with Crippen molar-refractivity contribution >= 4 is 12.0 Å². The van der Waals surface area contributed by atoms with Gasteiger partial charge in [0, 0.05) is 43.4 Å². The number of nitrogens with zero attached hydrogens (tertiary/aromatic N) is 2. The van der Waals surface area contributed by atoms with E-state index < -0.39 is 0 Å². The van der Waals surface area contributed by atoms with Crippen LogP contribution in [0.25, 0.3) is 11.8 Å². The summed E-state index contributed by atoms with van der Waals surface area (Å²) < 4.78 is 17.8. The SMILES string of the molecule is COCCCNC(=O)/C(C#N)=C/c1cc(C)n(-c2ccc3c(c2)OCO3)c1C. The molecule has 3 rings (SSSR count). The van der Waals surface area contributed by atoms with Crippen molar-refractivity contribution in [3.8, 4) is 23.3 Å². The van der Waals surface area contributed by atoms with Crippen LogP contribution in [-0.4, -0.2) is 37.5 Å². The topological polar surface area (TPSA) is 85.5 Å². The molecule has 0 saturated heterocycles. The average Bonchev–Trinajstić information content (AvgIpc) is 3.26. The van der Waals surface area contributed by atoms with Crippen LogP contribution in [0.3, 0.4) is 0 Å². The molecule has 1 aromatic carbocycles. The molecule has 0 fully saturated rings. The van der Waals surface area contributed by atoms with Gasteiger partial charge in [-0.05, 0) is 50.1 Å². The maximum Gasteiger partial charge on any atom is 0.261 e. The van der Waals surface area contributed by atoms with E-state index in [0.29, 0.717) is 25.3 Å². The number of hydrogen-bond acceptors (Lipinski definition) is 5. The summed E-state index contributed by atoms with van der Waals surface area (Å²) >= 11 is 0. The van der Waals surface area contributed by atoms with Crippen molar-refractivity contribution in [3.05, 3.63) is 46.8 Å². The molecule has 1 aromatic heterocycles. The first kappa shape index (κ1) is 19.5. The summed E-state index contributed by atoms with van der Waals surface area (Å²) in [7, 11) is 1.61. The van der Waals surface area contributed by atoms with Crippen molar-refractivity contribution in [2.45, 2.75) is 20.3 Å². The molecule has 7 heteroatoms. The van der Waals surface area contributed by atoms with Crippen LogP contribution < -0.4 is 14.8 Å². The van der Waals surface area contributed by atoms with E-state index in [1.807, 2.05) is 44.2 Å². The van der Waals surface area contributed by atoms with Gasteiger partial charge < -0.3 is 24.1 Å². The zero-order valence-corrected chi connectivity index (χ0v) is 16.2. The van der Waals surface area contributed by atoms with Crippen LogP contribution in [-0.2, 0) is 9.53 Å². The summed E-state index contributed by atoms with van der Waals surface area (Å²) in [4.78, 5) is 12.3. The minimum atomic E-state index is -0.383. The number of benzene rings is 1. The molecule has 28 heavy (non-hydrogen) atoms. The lowest BCUT2D eigenvalue weighted by molar-refractivity contribution is -0.117. The van der Waals surface area contributed by atoms with Gasteiger partial charge in [0.2, 0.25) is 6.79 Å². The minimum Gasteiger partial charge on any atom is -0.454 e. The lowest BCUT2D eigenvalue weighted by Crippen LogP contribution is -2.26. The van der Waals surface area contributed by atoms with Crippen LogP contribution in [0.15, 0.2) is 29.8 Å². The Labute approximate surface area is 164 Å². The Balaban J connectivity index is 1.85. The maximum absolute atomic E-state index is 12.3. The number of methoxy groups -OCH3 is 1. The van der Waals surface area contributed by atoms with Gasteiger partial charge in [-0.15, -0.1) is 0 Å². The van der Waals surface area contributed by atoms with Crippen molar-refractivity contribution in [1.82, 2.24) is 9.88 Å². The lowest BCUT2D eigenvalue weighted by Gasteiger charge is -2.10. The van der Waals surface area contributed by atoms with Gasteiger partial charge in [-0.2, -0.15) is 5.26 Å². The van der Waals surface area contributed by atoms with E-state index in [9.17, 15) is 10.1 Å². The smallest absolute Gasteiger partial charge is 0.261 e. The van der Waals surface area contributed by atoms with Crippen LogP contribution in [0.5, 0.6) is 11.5 Å². The molecule has 0 aliphatic carbocycles. The molecule has 2 aromatic rings. The third kappa shape index (κ3) is 4.02. The van der Waals surface area contributed by atoms with Crippen LogP contribution in [0.1, 0.15) is 23.4 Å². The molecule has 0 atom stereocenters. The van der Waals surface area contributed by atoms with Crippen molar-refractivity contribution in [3.63, 3.8) is 0 Å². The normalized spacial score (nSPS) is 12.7. The summed E-state index contributed by atoms with van der Waals surface area (Å²) in [5, 5.41) is 12.2. The molecule has 0 bridgehead atoms. The molecule has 146 valence electrons. The zero-order valence-electron chi connectivity index (χ0n) is 16.2. The van der Waals surface area contributed by atoms with Crippen molar-refractivity contribution in [2.24, 2.45) is 0 Å². The highest BCUT2D eigenvalue weighted by Gasteiger charge is 2.17. The molecule has 1 N–H and O–H groups in total. The number of nitrogens with one attached hydrogen (secondary N) is 1. The average molecular weight is 381 g/mol. The Morgan fingerprint density at radius 3 is 2.86 bits per heavy atom. The maximum atomic E-state index is 12.3. The molecule has 1 aliphatic rings. The van der Waals surface area contributed by atoms with Gasteiger partial charge in [0.05, 0.1) is 0 Å². The Morgan fingerprint density at radius 1 is 1.32 bits per heavy atom. The highest BCUT2D eigenvalue weighted by molar-refractivity contribution is 6.01. The highest BCUT2D eigenvalue weighted by atomic mass is 16.7. The number of fused-ring (bicyclic) bond motifs is 1. The second kappa shape index (κ2) is 8.63. The van der Waals surface area contributed by atoms with Crippen molar-refractivity contribution in [2.75, 3.05) is 27.1 Å². The summed E-state index contributed by atoms with van der Waals surface area (Å²) in [6.45, 7) is 5.17. The van der Waals surface area contributed by atoms with Crippen LogP contribution >= 0.6 is 0 Å². The third-order valence-electron chi connectivity index (χ3n) is 4.56. The number of aromatic nitrogens is 1. The fourth-order valence-corrected chi connectivity index (χ4v) is 3.17. The van der Waals surface area contributed by atoms with E-state index in [2.05, 4.69) is 9.88 Å². The number of amides is 1. The molecule has 1 amide bonds. The van der Waals surface area contributed by atoms with E-state index in [1.54, 1.807) is 13.2 Å². The highest BCUT2D eigenvalue weighted by Crippen LogP contribution is 2.35. The first-order valence-electron chi connectivity index (χ1n) is 9.03. The standard InChI is InChI=1S/C21H23N3O4/c1-14-9-16(10-17(12-22)21(25)23-7-4-8-26-3)15(2)24(14)18-5-6-19-20(11-18)28-13-27-19/h5-6,9-11H,4,7-8,13H2,1-3H3,(H,23,25)/b17-10+. The number of ether oxygens (including phenoxy) is 3. The number of aryl methyl sites for hydroxylation is 1. The Morgan fingerprint density at radius 2 is 2.11 bits per heavy atom. The summed E-state index contributed by atoms with van der Waals surface area (Å²) in [6, 6.07) is 9.70. The monoisotopic (exact) mass is 381 g/mol. The molecular formula is C21H23N3O4. The van der Waals surface area contributed by atoms with Crippen LogP contribution in [0.2, 0.25) is 0 Å². The number of hydrogen-bond donors (Lipinski definition) is 1. The Kier molecular flexibility index (Phi) is 6.02. The summed E-state index contributed by atoms with van der Waals surface area (Å²) in [6.07, 6.45) is 2.32. The Bertz CT molecular complexity index is 953. The number of nitriles is 1. The zero-order chi connectivity index (χ0) is 20.1. The number of rotatable bonds is 7. The van der Waals surface area contributed by atoms with Gasteiger partial charge in [-0.3, -0.25) is 4.79 Å². The van der Waals surface area contributed by atoms with Crippen LogP contribution in [0.4, 0.5) is 0 Å². The molecule has 1 aliphatic heterocycles. The second-order valence-corrected chi connectivity index (χ2v) is 6.47. The van der Waals surface area contributed by atoms with E-state index in [0.717, 1.165) is 28.4 Å². The summed E-state index contributed by atoms with van der Waals surface area (Å²) in [5.74, 6) is 1.05. The van der Waals surface area contributed by atoms with E-state index in [-0.39, 0.29) is 18.3 Å². The molecular weight excluding hydrogens is 358 g/mol. The van der Waals surface area contributed by atoms with E-state index >= 15 is 0 Å². The van der Waals surface area contributed by atoms with Crippen molar-refractivity contribution in [1.29, 1.82) is 5.26 Å². The third-order valence-corrected chi connectivity index (χ3v) is 4.56.